The quantitative estimate of drug-likeness (QED) is 0.144. The second-order valence-electron chi connectivity index (χ2n) is 9.58. The lowest BCUT2D eigenvalue weighted by atomic mass is 9.97. The van der Waals surface area contributed by atoms with E-state index in [2.05, 4.69) is 29.7 Å². The van der Waals surface area contributed by atoms with Crippen molar-refractivity contribution < 1.29 is 23.7 Å². The highest BCUT2D eigenvalue weighted by molar-refractivity contribution is 6.76. The van der Waals surface area contributed by atoms with E-state index in [0.717, 1.165) is 11.6 Å². The summed E-state index contributed by atoms with van der Waals surface area (Å²) in [7, 11) is -1.35. The van der Waals surface area contributed by atoms with Crippen LogP contribution in [0.4, 0.5) is 0 Å². The van der Waals surface area contributed by atoms with Crippen molar-refractivity contribution in [2.24, 2.45) is 5.11 Å². The van der Waals surface area contributed by atoms with E-state index in [1.54, 1.807) is 24.3 Å². The van der Waals surface area contributed by atoms with E-state index in [-0.39, 0.29) is 6.61 Å². The van der Waals surface area contributed by atoms with Crippen LogP contribution in [0, 0.1) is 0 Å². The van der Waals surface area contributed by atoms with Gasteiger partial charge in [-0.15, -0.1) is 0 Å². The smallest absolute Gasteiger partial charge is 0.338 e. The second kappa shape index (κ2) is 12.1. The van der Waals surface area contributed by atoms with E-state index in [9.17, 15) is 10.3 Å². The maximum absolute atomic E-state index is 13.0. The molecule has 182 valence electrons. The van der Waals surface area contributed by atoms with E-state index < -0.39 is 44.7 Å². The number of carbonyl (C=O) groups is 1. The molecule has 2 aromatic carbocycles. The van der Waals surface area contributed by atoms with Crippen LogP contribution in [-0.2, 0) is 25.6 Å². The Balaban J connectivity index is 1.87. The fourth-order valence-electron chi connectivity index (χ4n) is 3.67. The molecule has 2 aromatic rings. The van der Waals surface area contributed by atoms with Crippen LogP contribution in [-0.4, -0.2) is 51.3 Å². The third-order valence-electron chi connectivity index (χ3n) is 5.62. The number of hydrogen-bond donors (Lipinski definition) is 0. The van der Waals surface area contributed by atoms with E-state index in [4.69, 9.17) is 18.9 Å². The summed E-state index contributed by atoms with van der Waals surface area (Å²) in [5.74, 6) is -0.518. The topological polar surface area (TPSA) is 103 Å². The second-order valence-corrected chi connectivity index (χ2v) is 15.2. The Kier molecular flexibility index (Phi) is 9.26. The molecule has 0 spiro atoms. The molecule has 8 nitrogen and oxygen atoms in total. The Hall–Kier alpha value is -2.68. The van der Waals surface area contributed by atoms with Gasteiger partial charge in [-0.05, 0) is 36.2 Å². The van der Waals surface area contributed by atoms with Gasteiger partial charge in [0.25, 0.3) is 0 Å². The zero-order valence-electron chi connectivity index (χ0n) is 20.2. The number of rotatable bonds is 10. The Bertz CT molecular complexity index is 964. The van der Waals surface area contributed by atoms with E-state index in [1.165, 1.54) is 0 Å². The molecule has 1 aliphatic heterocycles. The van der Waals surface area contributed by atoms with Gasteiger partial charge in [-0.3, -0.25) is 0 Å². The fourth-order valence-corrected chi connectivity index (χ4v) is 4.40. The van der Waals surface area contributed by atoms with Gasteiger partial charge in [-0.25, -0.2) is 4.79 Å². The van der Waals surface area contributed by atoms with Crippen molar-refractivity contribution in [3.63, 3.8) is 0 Å². The number of carbonyl (C=O) groups excluding carboxylic acids is 1. The fraction of sp³-hybridized carbons (Fsp3) is 0.480. The molecule has 0 amide bonds. The van der Waals surface area contributed by atoms with Crippen LogP contribution in [0.2, 0.25) is 25.7 Å². The van der Waals surface area contributed by atoms with E-state index in [0.29, 0.717) is 12.2 Å². The van der Waals surface area contributed by atoms with Crippen LogP contribution in [0.5, 0.6) is 0 Å². The molecule has 3 rings (SSSR count). The summed E-state index contributed by atoms with van der Waals surface area (Å²) in [5.41, 5.74) is 10.6. The average Bonchev–Trinajstić information content (AvgIpc) is 2.81. The molecular formula is C25H33N3O5Si. The predicted molar refractivity (Wildman–Crippen MR) is 132 cm³/mol. The molecule has 0 aromatic heterocycles. The first kappa shape index (κ1) is 25.9. The van der Waals surface area contributed by atoms with Gasteiger partial charge < -0.3 is 18.9 Å². The van der Waals surface area contributed by atoms with Crippen molar-refractivity contribution >= 4 is 14.0 Å². The van der Waals surface area contributed by atoms with Crippen molar-refractivity contribution in [3.05, 3.63) is 82.2 Å². The molecule has 0 bridgehead atoms. The summed E-state index contributed by atoms with van der Waals surface area (Å²) in [6.07, 6.45) is -2.99. The lowest BCUT2D eigenvalue weighted by Gasteiger charge is -2.43. The molecule has 0 aliphatic carbocycles. The summed E-state index contributed by atoms with van der Waals surface area (Å²) in [6.45, 7) is 9.33. The van der Waals surface area contributed by atoms with Crippen LogP contribution in [0.25, 0.3) is 10.4 Å². The number of hydrogen-bond acceptors (Lipinski definition) is 6. The summed E-state index contributed by atoms with van der Waals surface area (Å²) in [4.78, 5) is 16.0. The standard InChI is InChI=1S/C25H33N3O5Si/c1-18-21(27-28-26)22(31-17-19-11-7-5-8-12-19)23(25(32-18)30-15-16-34(2,3)4)33-24(29)20-13-9-6-10-14-20/h5-14,18,21-23,25H,15-17H2,1-4H3/t18-,21-,22+,23+,25+/m1/s1. The summed E-state index contributed by atoms with van der Waals surface area (Å²) in [6, 6.07) is 18.6. The van der Waals surface area contributed by atoms with E-state index >= 15 is 0 Å². The third kappa shape index (κ3) is 7.41. The SMILES string of the molecule is C[C@H]1O[C@H](OCC[Si](C)(C)C)[C@@H](OC(=O)c2ccccc2)[C@@H](OCc2ccccc2)[C@@H]1N=[N+]=[N-]. The van der Waals surface area contributed by atoms with Crippen LogP contribution in [0.1, 0.15) is 22.8 Å². The van der Waals surface area contributed by atoms with Crippen molar-refractivity contribution in [2.75, 3.05) is 6.61 Å². The largest absolute Gasteiger partial charge is 0.451 e. The van der Waals surface area contributed by atoms with Gasteiger partial charge >= 0.3 is 5.97 Å². The Morgan fingerprint density at radius 2 is 1.68 bits per heavy atom. The van der Waals surface area contributed by atoms with Crippen LogP contribution < -0.4 is 0 Å². The van der Waals surface area contributed by atoms with Gasteiger partial charge in [-0.1, -0.05) is 73.3 Å². The Morgan fingerprint density at radius 1 is 1.03 bits per heavy atom. The Morgan fingerprint density at radius 3 is 2.29 bits per heavy atom. The maximum Gasteiger partial charge on any atom is 0.338 e. The normalized spacial score (nSPS) is 24.8. The minimum Gasteiger partial charge on any atom is -0.451 e. The molecule has 0 N–H and O–H groups in total. The molecule has 1 aliphatic rings. The highest BCUT2D eigenvalue weighted by Gasteiger charge is 2.48. The van der Waals surface area contributed by atoms with Gasteiger partial charge in [0.2, 0.25) is 0 Å². The molecular weight excluding hydrogens is 450 g/mol. The van der Waals surface area contributed by atoms with Crippen LogP contribution >= 0.6 is 0 Å². The molecule has 0 saturated carbocycles. The number of ether oxygens (including phenoxy) is 4. The highest BCUT2D eigenvalue weighted by atomic mass is 28.3. The molecule has 1 fully saturated rings. The average molecular weight is 484 g/mol. The monoisotopic (exact) mass is 483 g/mol. The van der Waals surface area contributed by atoms with Gasteiger partial charge in [0.15, 0.2) is 12.4 Å². The summed E-state index contributed by atoms with van der Waals surface area (Å²) < 4.78 is 24.3. The maximum atomic E-state index is 13.0. The lowest BCUT2D eigenvalue weighted by Crippen LogP contribution is -2.59. The van der Waals surface area contributed by atoms with Crippen LogP contribution in [0.3, 0.4) is 0 Å². The molecule has 0 unspecified atom stereocenters. The van der Waals surface area contributed by atoms with Gasteiger partial charge in [-0.2, -0.15) is 0 Å². The predicted octanol–water partition coefficient (Wildman–Crippen LogP) is 5.58. The van der Waals surface area contributed by atoms with Crippen molar-refractivity contribution in [3.8, 4) is 0 Å². The van der Waals surface area contributed by atoms with Crippen LogP contribution in [0.15, 0.2) is 65.8 Å². The third-order valence-corrected chi connectivity index (χ3v) is 7.32. The van der Waals surface area contributed by atoms with Crippen molar-refractivity contribution in [1.82, 2.24) is 0 Å². The van der Waals surface area contributed by atoms with Crippen molar-refractivity contribution in [2.45, 2.75) is 69.9 Å². The highest BCUT2D eigenvalue weighted by Crippen LogP contribution is 2.30. The number of azide groups is 1. The van der Waals surface area contributed by atoms with E-state index in [1.807, 2.05) is 43.3 Å². The minimum absolute atomic E-state index is 0.261. The number of benzene rings is 2. The molecule has 9 heteroatoms. The zero-order chi connectivity index (χ0) is 24.6. The molecule has 1 saturated heterocycles. The molecule has 34 heavy (non-hydrogen) atoms. The molecule has 5 atom stereocenters. The van der Waals surface area contributed by atoms with Crippen molar-refractivity contribution in [1.29, 1.82) is 0 Å². The Labute approximate surface area is 201 Å². The molecule has 0 radical (unpaired) electrons. The first-order chi connectivity index (χ1) is 16.3. The van der Waals surface area contributed by atoms with Gasteiger partial charge in [0.1, 0.15) is 6.10 Å². The molecule has 1 heterocycles. The minimum atomic E-state index is -1.35. The first-order valence-corrected chi connectivity index (χ1v) is 15.2. The lowest BCUT2D eigenvalue weighted by molar-refractivity contribution is -0.275. The van der Waals surface area contributed by atoms with Gasteiger partial charge in [0.05, 0.1) is 24.3 Å². The summed E-state index contributed by atoms with van der Waals surface area (Å²) >= 11 is 0. The zero-order valence-corrected chi connectivity index (χ0v) is 21.2. The first-order valence-electron chi connectivity index (χ1n) is 11.5. The number of nitrogens with zero attached hydrogens (tertiary/aromatic N) is 3. The van der Waals surface area contributed by atoms with Gasteiger partial charge in [0, 0.05) is 19.6 Å². The number of esters is 1. The summed E-state index contributed by atoms with van der Waals surface area (Å²) in [5, 5.41) is 3.93.